The number of para-hydroxylation sites is 1. The summed E-state index contributed by atoms with van der Waals surface area (Å²) in [4.78, 5) is 20.8. The van der Waals surface area contributed by atoms with E-state index in [0.29, 0.717) is 5.56 Å². The van der Waals surface area contributed by atoms with Gasteiger partial charge in [-0.3, -0.25) is 0 Å². The number of ether oxygens (including phenoxy) is 1. The third-order valence-corrected chi connectivity index (χ3v) is 5.03. The topological polar surface area (TPSA) is 52.1 Å². The lowest BCUT2D eigenvalue weighted by Gasteiger charge is -2.02. The third-order valence-electron chi connectivity index (χ3n) is 3.23. The molecule has 0 aliphatic heterocycles. The number of rotatable bonds is 3. The normalized spacial score (nSPS) is 11.1. The van der Waals surface area contributed by atoms with Crippen molar-refractivity contribution < 1.29 is 9.53 Å². The maximum Gasteiger partial charge on any atom is 0.338 e. The van der Waals surface area contributed by atoms with Crippen molar-refractivity contribution in [2.75, 3.05) is 0 Å². The Morgan fingerprint density at radius 1 is 1.09 bits per heavy atom. The standard InChI is InChI=1S/C16H10N2O2S2/c19-16(10-5-6-11-14(7-10)21-9-17-11)20-8-15-18-12-3-1-2-4-13(12)22-15/h1-7,9H,8H2. The van der Waals surface area contributed by atoms with E-state index >= 15 is 0 Å². The number of esters is 1. The van der Waals surface area contributed by atoms with Crippen molar-refractivity contribution in [2.24, 2.45) is 0 Å². The van der Waals surface area contributed by atoms with Crippen LogP contribution in [-0.4, -0.2) is 15.9 Å². The van der Waals surface area contributed by atoms with Gasteiger partial charge < -0.3 is 4.74 Å². The summed E-state index contributed by atoms with van der Waals surface area (Å²) in [5.41, 5.74) is 4.14. The van der Waals surface area contributed by atoms with Crippen LogP contribution in [0, 0.1) is 0 Å². The molecule has 0 unspecified atom stereocenters. The van der Waals surface area contributed by atoms with Crippen LogP contribution in [0.1, 0.15) is 15.4 Å². The number of nitrogens with zero attached hydrogens (tertiary/aromatic N) is 2. The summed E-state index contributed by atoms with van der Waals surface area (Å²) in [6.07, 6.45) is 0. The molecular weight excluding hydrogens is 316 g/mol. The van der Waals surface area contributed by atoms with Crippen LogP contribution in [0.25, 0.3) is 20.4 Å². The van der Waals surface area contributed by atoms with Gasteiger partial charge in [-0.05, 0) is 30.3 Å². The molecule has 2 aromatic heterocycles. The number of hydrogen-bond acceptors (Lipinski definition) is 6. The molecule has 2 aromatic carbocycles. The fraction of sp³-hybridized carbons (Fsp3) is 0.0625. The maximum atomic E-state index is 12.1. The van der Waals surface area contributed by atoms with E-state index in [1.807, 2.05) is 36.4 Å². The first kappa shape index (κ1) is 13.4. The fourth-order valence-electron chi connectivity index (χ4n) is 2.17. The molecule has 0 aliphatic rings. The quantitative estimate of drug-likeness (QED) is 0.528. The molecule has 108 valence electrons. The van der Waals surface area contributed by atoms with Crippen LogP contribution in [0.3, 0.4) is 0 Å². The average molecular weight is 326 g/mol. The highest BCUT2D eigenvalue weighted by molar-refractivity contribution is 7.18. The first-order valence-electron chi connectivity index (χ1n) is 6.64. The van der Waals surface area contributed by atoms with E-state index in [2.05, 4.69) is 9.97 Å². The number of benzene rings is 2. The Balaban J connectivity index is 1.51. The lowest BCUT2D eigenvalue weighted by atomic mass is 10.2. The molecule has 0 saturated heterocycles. The highest BCUT2D eigenvalue weighted by Crippen LogP contribution is 2.23. The number of aromatic nitrogens is 2. The van der Waals surface area contributed by atoms with E-state index in [0.717, 1.165) is 25.4 Å². The van der Waals surface area contributed by atoms with Gasteiger partial charge in [0.1, 0.15) is 11.6 Å². The molecule has 0 aliphatic carbocycles. The van der Waals surface area contributed by atoms with Crippen molar-refractivity contribution in [1.82, 2.24) is 9.97 Å². The molecule has 0 atom stereocenters. The van der Waals surface area contributed by atoms with Crippen LogP contribution < -0.4 is 0 Å². The van der Waals surface area contributed by atoms with Crippen molar-refractivity contribution in [1.29, 1.82) is 0 Å². The summed E-state index contributed by atoms with van der Waals surface area (Å²) in [5, 5.41) is 0.799. The average Bonchev–Trinajstić information content (AvgIpc) is 3.17. The summed E-state index contributed by atoms with van der Waals surface area (Å²) < 4.78 is 7.44. The van der Waals surface area contributed by atoms with E-state index in [1.54, 1.807) is 22.9 Å². The van der Waals surface area contributed by atoms with Crippen molar-refractivity contribution in [3.05, 3.63) is 58.5 Å². The largest absolute Gasteiger partial charge is 0.455 e. The van der Waals surface area contributed by atoms with Gasteiger partial charge in [0, 0.05) is 0 Å². The van der Waals surface area contributed by atoms with Crippen molar-refractivity contribution in [2.45, 2.75) is 6.61 Å². The Kier molecular flexibility index (Phi) is 3.32. The van der Waals surface area contributed by atoms with E-state index in [4.69, 9.17) is 4.74 Å². The van der Waals surface area contributed by atoms with Crippen molar-refractivity contribution in [3.8, 4) is 0 Å². The zero-order valence-electron chi connectivity index (χ0n) is 11.4. The maximum absolute atomic E-state index is 12.1. The van der Waals surface area contributed by atoms with E-state index in [9.17, 15) is 4.79 Å². The monoisotopic (exact) mass is 326 g/mol. The van der Waals surface area contributed by atoms with Gasteiger partial charge in [-0.1, -0.05) is 12.1 Å². The Hall–Kier alpha value is -2.31. The SMILES string of the molecule is O=C(OCc1nc2ccccc2s1)c1ccc2ncsc2c1. The minimum Gasteiger partial charge on any atom is -0.455 e. The summed E-state index contributed by atoms with van der Waals surface area (Å²) in [6.45, 7) is 0.193. The zero-order valence-corrected chi connectivity index (χ0v) is 13.0. The van der Waals surface area contributed by atoms with Gasteiger partial charge in [-0.15, -0.1) is 22.7 Å². The molecule has 0 bridgehead atoms. The Morgan fingerprint density at radius 3 is 2.91 bits per heavy atom. The van der Waals surface area contributed by atoms with Gasteiger partial charge in [-0.25, -0.2) is 14.8 Å². The summed E-state index contributed by atoms with van der Waals surface area (Å²) in [5.74, 6) is -0.338. The fourth-order valence-corrected chi connectivity index (χ4v) is 3.77. The van der Waals surface area contributed by atoms with E-state index < -0.39 is 0 Å². The number of thiazole rings is 2. The van der Waals surface area contributed by atoms with E-state index in [1.165, 1.54) is 11.3 Å². The van der Waals surface area contributed by atoms with Crippen LogP contribution in [0.5, 0.6) is 0 Å². The number of carbonyl (C=O) groups excluding carboxylic acids is 1. The summed E-state index contributed by atoms with van der Waals surface area (Å²) in [7, 11) is 0. The van der Waals surface area contributed by atoms with Crippen molar-refractivity contribution in [3.63, 3.8) is 0 Å². The Morgan fingerprint density at radius 2 is 2.00 bits per heavy atom. The molecule has 0 saturated carbocycles. The third kappa shape index (κ3) is 2.47. The molecule has 2 heterocycles. The molecule has 0 amide bonds. The lowest BCUT2D eigenvalue weighted by Crippen LogP contribution is -2.04. The first-order valence-corrected chi connectivity index (χ1v) is 8.34. The highest BCUT2D eigenvalue weighted by Gasteiger charge is 2.11. The second kappa shape index (κ2) is 5.47. The number of carbonyl (C=O) groups is 1. The zero-order chi connectivity index (χ0) is 14.9. The van der Waals surface area contributed by atoms with Gasteiger partial charge in [0.05, 0.1) is 31.5 Å². The van der Waals surface area contributed by atoms with Gasteiger partial charge >= 0.3 is 5.97 Å². The predicted molar refractivity (Wildman–Crippen MR) is 88.4 cm³/mol. The first-order chi connectivity index (χ1) is 10.8. The number of hydrogen-bond donors (Lipinski definition) is 0. The minimum atomic E-state index is -0.338. The molecule has 22 heavy (non-hydrogen) atoms. The van der Waals surface area contributed by atoms with Crippen LogP contribution in [0.2, 0.25) is 0 Å². The second-order valence-electron chi connectivity index (χ2n) is 4.69. The van der Waals surface area contributed by atoms with Gasteiger partial charge in [0.25, 0.3) is 0 Å². The molecule has 4 aromatic rings. The predicted octanol–water partition coefficient (Wildman–Crippen LogP) is 4.26. The minimum absolute atomic E-state index is 0.193. The van der Waals surface area contributed by atoms with Crippen LogP contribution in [0.4, 0.5) is 0 Å². The smallest absolute Gasteiger partial charge is 0.338 e. The summed E-state index contributed by atoms with van der Waals surface area (Å²) in [6, 6.07) is 13.3. The van der Waals surface area contributed by atoms with Crippen LogP contribution in [0.15, 0.2) is 48.0 Å². The van der Waals surface area contributed by atoms with Gasteiger partial charge in [0.15, 0.2) is 0 Å². The second-order valence-corrected chi connectivity index (χ2v) is 6.69. The molecule has 4 rings (SSSR count). The van der Waals surface area contributed by atoms with Crippen LogP contribution >= 0.6 is 22.7 Å². The molecule has 6 heteroatoms. The molecular formula is C16H10N2O2S2. The Bertz CT molecular complexity index is 941. The highest BCUT2D eigenvalue weighted by atomic mass is 32.1. The lowest BCUT2D eigenvalue weighted by molar-refractivity contribution is 0.0473. The molecule has 0 fully saturated rings. The summed E-state index contributed by atoms with van der Waals surface area (Å²) >= 11 is 3.05. The van der Waals surface area contributed by atoms with Crippen molar-refractivity contribution >= 4 is 49.1 Å². The van der Waals surface area contributed by atoms with Crippen LogP contribution in [-0.2, 0) is 11.3 Å². The van der Waals surface area contributed by atoms with E-state index in [-0.39, 0.29) is 12.6 Å². The molecule has 4 nitrogen and oxygen atoms in total. The molecule has 0 radical (unpaired) electrons. The Labute approximate surface area is 134 Å². The molecule has 0 N–H and O–H groups in total. The molecule has 0 spiro atoms. The van der Waals surface area contributed by atoms with Gasteiger partial charge in [0.2, 0.25) is 0 Å². The number of fused-ring (bicyclic) bond motifs is 2. The van der Waals surface area contributed by atoms with Gasteiger partial charge in [-0.2, -0.15) is 0 Å².